The van der Waals surface area contributed by atoms with Crippen LogP contribution in [0.1, 0.15) is 27.7 Å². The van der Waals surface area contributed by atoms with E-state index in [1.54, 1.807) is 0 Å². The van der Waals surface area contributed by atoms with E-state index in [0.29, 0.717) is 5.92 Å². The van der Waals surface area contributed by atoms with Gasteiger partial charge < -0.3 is 16.0 Å². The summed E-state index contributed by atoms with van der Waals surface area (Å²) < 4.78 is 0. The minimum atomic E-state index is -0.167. The number of amides is 2. The minimum Gasteiger partial charge on any atom is -0.334 e. The van der Waals surface area contributed by atoms with E-state index in [0.717, 1.165) is 13.1 Å². The van der Waals surface area contributed by atoms with Crippen LogP contribution in [-0.4, -0.2) is 30.7 Å². The van der Waals surface area contributed by atoms with Crippen molar-refractivity contribution < 1.29 is 4.79 Å². The first-order chi connectivity index (χ1) is 6.38. The molecule has 0 radical (unpaired) electrons. The lowest BCUT2D eigenvalue weighted by molar-refractivity contribution is 0.226. The highest BCUT2D eigenvalue weighted by Gasteiger charge is 2.25. The molecule has 1 aliphatic heterocycles. The maximum absolute atomic E-state index is 11.5. The molecule has 0 aromatic rings. The molecule has 3 N–H and O–H groups in total. The van der Waals surface area contributed by atoms with Gasteiger partial charge in [0.2, 0.25) is 0 Å². The number of carbonyl (C=O) groups excluding carboxylic acids is 1. The molecule has 1 fully saturated rings. The van der Waals surface area contributed by atoms with E-state index in [9.17, 15) is 4.79 Å². The lowest BCUT2D eigenvalue weighted by Crippen LogP contribution is -2.51. The van der Waals surface area contributed by atoms with Gasteiger partial charge in [0.15, 0.2) is 0 Å². The maximum Gasteiger partial charge on any atom is 0.315 e. The van der Waals surface area contributed by atoms with E-state index in [4.69, 9.17) is 0 Å². The van der Waals surface area contributed by atoms with Crippen molar-refractivity contribution in [2.45, 2.75) is 39.3 Å². The monoisotopic (exact) mass is 199 g/mol. The van der Waals surface area contributed by atoms with Gasteiger partial charge in [0.1, 0.15) is 0 Å². The lowest BCUT2D eigenvalue weighted by Gasteiger charge is -2.23. The van der Waals surface area contributed by atoms with Crippen LogP contribution >= 0.6 is 0 Å². The predicted molar refractivity (Wildman–Crippen MR) is 57.2 cm³/mol. The number of hydrogen-bond acceptors (Lipinski definition) is 2. The minimum absolute atomic E-state index is 0.0712. The predicted octanol–water partition coefficient (Wildman–Crippen LogP) is 0.692. The Morgan fingerprint density at radius 2 is 2.00 bits per heavy atom. The SMILES string of the molecule is CC1CNCC1NC(=O)NC(C)(C)C. The Hall–Kier alpha value is -0.770. The Labute approximate surface area is 85.8 Å². The second kappa shape index (κ2) is 4.17. The average Bonchev–Trinajstić information content (AvgIpc) is 2.32. The van der Waals surface area contributed by atoms with Crippen LogP contribution in [0.3, 0.4) is 0 Å². The van der Waals surface area contributed by atoms with Crippen molar-refractivity contribution in [3.05, 3.63) is 0 Å². The van der Waals surface area contributed by atoms with Gasteiger partial charge in [-0.15, -0.1) is 0 Å². The van der Waals surface area contributed by atoms with Crippen molar-refractivity contribution in [1.29, 1.82) is 0 Å². The molecular weight excluding hydrogens is 178 g/mol. The van der Waals surface area contributed by atoms with Crippen molar-refractivity contribution in [2.24, 2.45) is 5.92 Å². The molecule has 82 valence electrons. The Kier molecular flexibility index (Phi) is 3.37. The normalized spacial score (nSPS) is 27.4. The molecule has 0 aromatic heterocycles. The summed E-state index contributed by atoms with van der Waals surface area (Å²) in [5, 5.41) is 9.11. The molecule has 0 spiro atoms. The van der Waals surface area contributed by atoms with Crippen LogP contribution in [-0.2, 0) is 0 Å². The van der Waals surface area contributed by atoms with Gasteiger partial charge in [0, 0.05) is 18.1 Å². The van der Waals surface area contributed by atoms with Crippen LogP contribution in [0.2, 0.25) is 0 Å². The largest absolute Gasteiger partial charge is 0.334 e. The van der Waals surface area contributed by atoms with Gasteiger partial charge in [-0.1, -0.05) is 6.92 Å². The fraction of sp³-hybridized carbons (Fsp3) is 0.900. The summed E-state index contributed by atoms with van der Waals surface area (Å²) in [6, 6.07) is 0.190. The van der Waals surface area contributed by atoms with Crippen molar-refractivity contribution in [3.63, 3.8) is 0 Å². The van der Waals surface area contributed by atoms with Crippen LogP contribution in [0.25, 0.3) is 0 Å². The third-order valence-electron chi connectivity index (χ3n) is 2.32. The van der Waals surface area contributed by atoms with E-state index < -0.39 is 0 Å². The maximum atomic E-state index is 11.5. The quantitative estimate of drug-likeness (QED) is 0.582. The van der Waals surface area contributed by atoms with E-state index in [1.165, 1.54) is 0 Å². The molecule has 0 aromatic carbocycles. The number of rotatable bonds is 1. The van der Waals surface area contributed by atoms with E-state index >= 15 is 0 Å². The van der Waals surface area contributed by atoms with Gasteiger partial charge in [-0.05, 0) is 33.2 Å². The highest BCUT2D eigenvalue weighted by Crippen LogP contribution is 2.07. The fourth-order valence-corrected chi connectivity index (χ4v) is 1.55. The molecule has 0 aliphatic carbocycles. The Bertz CT molecular complexity index is 210. The zero-order chi connectivity index (χ0) is 10.8. The molecule has 0 bridgehead atoms. The van der Waals surface area contributed by atoms with Gasteiger partial charge in [-0.3, -0.25) is 0 Å². The van der Waals surface area contributed by atoms with Crippen molar-refractivity contribution in [2.75, 3.05) is 13.1 Å². The number of urea groups is 1. The Morgan fingerprint density at radius 1 is 1.36 bits per heavy atom. The molecule has 0 saturated carbocycles. The smallest absolute Gasteiger partial charge is 0.315 e. The summed E-state index contributed by atoms with van der Waals surface area (Å²) in [7, 11) is 0. The van der Waals surface area contributed by atoms with Gasteiger partial charge in [-0.2, -0.15) is 0 Å². The average molecular weight is 199 g/mol. The zero-order valence-corrected chi connectivity index (χ0v) is 9.48. The van der Waals surface area contributed by atoms with Crippen LogP contribution in [0.4, 0.5) is 4.79 Å². The summed E-state index contributed by atoms with van der Waals surface area (Å²) in [5.74, 6) is 0.515. The van der Waals surface area contributed by atoms with Gasteiger partial charge in [0.25, 0.3) is 0 Å². The van der Waals surface area contributed by atoms with Crippen molar-refractivity contribution >= 4 is 6.03 Å². The third kappa shape index (κ3) is 3.54. The number of nitrogens with one attached hydrogen (secondary N) is 3. The van der Waals surface area contributed by atoms with Crippen molar-refractivity contribution in [1.82, 2.24) is 16.0 Å². The molecular formula is C10H21N3O. The van der Waals surface area contributed by atoms with Gasteiger partial charge in [0.05, 0.1) is 0 Å². The van der Waals surface area contributed by atoms with Gasteiger partial charge in [-0.25, -0.2) is 4.79 Å². The fourth-order valence-electron chi connectivity index (χ4n) is 1.55. The zero-order valence-electron chi connectivity index (χ0n) is 9.48. The van der Waals surface area contributed by atoms with Crippen LogP contribution in [0, 0.1) is 5.92 Å². The molecule has 2 amide bonds. The first-order valence-corrected chi connectivity index (χ1v) is 5.18. The summed E-state index contributed by atoms with van der Waals surface area (Å²) in [5.41, 5.74) is -0.167. The third-order valence-corrected chi connectivity index (χ3v) is 2.32. The van der Waals surface area contributed by atoms with Crippen LogP contribution < -0.4 is 16.0 Å². The van der Waals surface area contributed by atoms with Crippen LogP contribution in [0.5, 0.6) is 0 Å². The number of carbonyl (C=O) groups is 1. The summed E-state index contributed by atoms with van der Waals surface area (Å²) in [4.78, 5) is 11.5. The Balaban J connectivity index is 2.33. The molecule has 4 heteroatoms. The summed E-state index contributed by atoms with van der Waals surface area (Å²) >= 11 is 0. The molecule has 1 heterocycles. The van der Waals surface area contributed by atoms with E-state index in [1.807, 2.05) is 20.8 Å². The lowest BCUT2D eigenvalue weighted by atomic mass is 10.1. The van der Waals surface area contributed by atoms with E-state index in [-0.39, 0.29) is 17.6 Å². The van der Waals surface area contributed by atoms with Gasteiger partial charge >= 0.3 is 6.03 Å². The molecule has 2 unspecified atom stereocenters. The second-order valence-electron chi connectivity index (χ2n) is 5.09. The van der Waals surface area contributed by atoms with E-state index in [2.05, 4.69) is 22.9 Å². The highest BCUT2D eigenvalue weighted by molar-refractivity contribution is 5.75. The number of hydrogen-bond donors (Lipinski definition) is 3. The molecule has 1 aliphatic rings. The molecule has 4 nitrogen and oxygen atoms in total. The second-order valence-corrected chi connectivity index (χ2v) is 5.09. The molecule has 1 saturated heterocycles. The Morgan fingerprint density at radius 3 is 2.43 bits per heavy atom. The first kappa shape index (κ1) is 11.3. The standard InChI is InChI=1S/C10H21N3O/c1-7-5-11-6-8(7)12-9(14)13-10(2,3)4/h7-8,11H,5-6H2,1-4H3,(H2,12,13,14). The van der Waals surface area contributed by atoms with Crippen LogP contribution in [0.15, 0.2) is 0 Å². The molecule has 2 atom stereocenters. The first-order valence-electron chi connectivity index (χ1n) is 5.18. The summed E-state index contributed by atoms with van der Waals surface area (Å²) in [6.45, 7) is 9.93. The molecule has 1 rings (SSSR count). The van der Waals surface area contributed by atoms with Crippen molar-refractivity contribution in [3.8, 4) is 0 Å². The topological polar surface area (TPSA) is 53.2 Å². The highest BCUT2D eigenvalue weighted by atomic mass is 16.2. The molecule has 14 heavy (non-hydrogen) atoms. The summed E-state index contributed by atoms with van der Waals surface area (Å²) in [6.07, 6.45) is 0.